The maximum atomic E-state index is 12.2. The molecule has 1 fully saturated rings. The van der Waals surface area contributed by atoms with E-state index >= 15 is 0 Å². The molecule has 0 radical (unpaired) electrons. The Kier molecular flexibility index (Phi) is 5.14. The highest BCUT2D eigenvalue weighted by atomic mass is 16.3. The summed E-state index contributed by atoms with van der Waals surface area (Å²) in [5.41, 5.74) is 1.97. The molecule has 0 saturated carbocycles. The van der Waals surface area contributed by atoms with Crippen LogP contribution in [0.25, 0.3) is 6.08 Å². The molecule has 0 spiro atoms. The summed E-state index contributed by atoms with van der Waals surface area (Å²) in [4.78, 5) is 14.5. The maximum Gasteiger partial charge on any atom is 0.248 e. The van der Waals surface area contributed by atoms with Crippen molar-refractivity contribution in [2.24, 2.45) is 0 Å². The first kappa shape index (κ1) is 15.4. The van der Waals surface area contributed by atoms with Crippen LogP contribution in [0, 0.1) is 0 Å². The molecule has 1 amide bonds. The van der Waals surface area contributed by atoms with E-state index in [1.165, 1.54) is 31.8 Å². The monoisotopic (exact) mass is 310 g/mol. The first-order valence-electron chi connectivity index (χ1n) is 8.19. The molecule has 4 nitrogen and oxygen atoms in total. The quantitative estimate of drug-likeness (QED) is 0.856. The molecule has 23 heavy (non-hydrogen) atoms. The first-order chi connectivity index (χ1) is 11.3. The minimum absolute atomic E-state index is 0.149. The molecule has 120 valence electrons. The van der Waals surface area contributed by atoms with Crippen molar-refractivity contribution in [1.29, 1.82) is 0 Å². The van der Waals surface area contributed by atoms with E-state index in [0.717, 1.165) is 24.5 Å². The lowest BCUT2D eigenvalue weighted by Crippen LogP contribution is -2.25. The van der Waals surface area contributed by atoms with Crippen molar-refractivity contribution in [2.75, 3.05) is 23.3 Å². The van der Waals surface area contributed by atoms with E-state index in [-0.39, 0.29) is 5.91 Å². The van der Waals surface area contributed by atoms with Gasteiger partial charge in [0, 0.05) is 19.2 Å². The smallest absolute Gasteiger partial charge is 0.248 e. The molecule has 1 N–H and O–H groups in total. The fraction of sp³-hybridized carbons (Fsp3) is 0.316. The van der Waals surface area contributed by atoms with Crippen LogP contribution in [-0.4, -0.2) is 19.0 Å². The topological polar surface area (TPSA) is 45.5 Å². The number of benzene rings is 1. The lowest BCUT2D eigenvalue weighted by Gasteiger charge is -2.25. The Balaban J connectivity index is 1.71. The van der Waals surface area contributed by atoms with Crippen LogP contribution in [0.15, 0.2) is 53.2 Å². The molecule has 1 aromatic heterocycles. The SMILES string of the molecule is O=C(C=Cc1ccco1)Nc1ccccc1N1CCCCCC1. The summed E-state index contributed by atoms with van der Waals surface area (Å²) in [6.07, 6.45) is 9.75. The highest BCUT2D eigenvalue weighted by Gasteiger charge is 2.14. The predicted octanol–water partition coefficient (Wildman–Crippen LogP) is 4.31. The molecule has 1 aromatic carbocycles. The zero-order valence-corrected chi connectivity index (χ0v) is 13.2. The molecule has 2 heterocycles. The van der Waals surface area contributed by atoms with Crippen LogP contribution in [-0.2, 0) is 4.79 Å². The van der Waals surface area contributed by atoms with Gasteiger partial charge in [-0.1, -0.05) is 25.0 Å². The summed E-state index contributed by atoms with van der Waals surface area (Å²) in [6, 6.07) is 11.6. The average Bonchev–Trinajstić information content (AvgIpc) is 2.95. The van der Waals surface area contributed by atoms with Crippen LogP contribution in [0.2, 0.25) is 0 Å². The van der Waals surface area contributed by atoms with Gasteiger partial charge in [0.05, 0.1) is 17.6 Å². The molecule has 1 saturated heterocycles. The third-order valence-corrected chi connectivity index (χ3v) is 4.05. The van der Waals surface area contributed by atoms with Crippen LogP contribution in [0.4, 0.5) is 11.4 Å². The highest BCUT2D eigenvalue weighted by Crippen LogP contribution is 2.27. The summed E-state index contributed by atoms with van der Waals surface area (Å²) < 4.78 is 5.19. The van der Waals surface area contributed by atoms with Crippen molar-refractivity contribution in [1.82, 2.24) is 0 Å². The number of hydrogen-bond acceptors (Lipinski definition) is 3. The van der Waals surface area contributed by atoms with Gasteiger partial charge in [-0.15, -0.1) is 0 Å². The number of amides is 1. The van der Waals surface area contributed by atoms with Crippen molar-refractivity contribution in [2.45, 2.75) is 25.7 Å². The number of anilines is 2. The number of carbonyl (C=O) groups is 1. The van der Waals surface area contributed by atoms with E-state index in [0.29, 0.717) is 5.76 Å². The molecule has 0 aliphatic carbocycles. The van der Waals surface area contributed by atoms with Gasteiger partial charge in [-0.25, -0.2) is 0 Å². The van der Waals surface area contributed by atoms with Crippen molar-refractivity contribution in [3.8, 4) is 0 Å². The predicted molar refractivity (Wildman–Crippen MR) is 93.5 cm³/mol. The fourth-order valence-corrected chi connectivity index (χ4v) is 2.88. The second kappa shape index (κ2) is 7.68. The molecule has 4 heteroatoms. The number of rotatable bonds is 4. The minimum Gasteiger partial charge on any atom is -0.465 e. The zero-order valence-electron chi connectivity index (χ0n) is 13.2. The third-order valence-electron chi connectivity index (χ3n) is 4.05. The summed E-state index contributed by atoms with van der Waals surface area (Å²) >= 11 is 0. The summed E-state index contributed by atoms with van der Waals surface area (Å²) in [7, 11) is 0. The van der Waals surface area contributed by atoms with E-state index < -0.39 is 0 Å². The average molecular weight is 310 g/mol. The molecule has 0 unspecified atom stereocenters. The Bertz CT molecular complexity index is 654. The van der Waals surface area contributed by atoms with Crippen molar-refractivity contribution in [3.63, 3.8) is 0 Å². The van der Waals surface area contributed by atoms with Crippen LogP contribution < -0.4 is 10.2 Å². The third kappa shape index (κ3) is 4.25. The van der Waals surface area contributed by atoms with Gasteiger partial charge in [0.25, 0.3) is 0 Å². The normalized spacial score (nSPS) is 15.6. The van der Waals surface area contributed by atoms with Gasteiger partial charge in [0.15, 0.2) is 0 Å². The summed E-state index contributed by atoms with van der Waals surface area (Å²) in [5.74, 6) is 0.518. The molecular weight excluding hydrogens is 288 g/mol. The van der Waals surface area contributed by atoms with Gasteiger partial charge in [0.1, 0.15) is 5.76 Å². The second-order valence-electron chi connectivity index (χ2n) is 5.76. The van der Waals surface area contributed by atoms with E-state index in [1.54, 1.807) is 18.4 Å². The lowest BCUT2D eigenvalue weighted by molar-refractivity contribution is -0.111. The fourth-order valence-electron chi connectivity index (χ4n) is 2.88. The Morgan fingerprint density at radius 3 is 2.57 bits per heavy atom. The summed E-state index contributed by atoms with van der Waals surface area (Å²) in [6.45, 7) is 2.10. The Labute approximate surface area is 136 Å². The van der Waals surface area contributed by atoms with E-state index in [4.69, 9.17) is 4.42 Å². The van der Waals surface area contributed by atoms with Crippen molar-refractivity contribution in [3.05, 3.63) is 54.5 Å². The van der Waals surface area contributed by atoms with Crippen LogP contribution >= 0.6 is 0 Å². The maximum absolute atomic E-state index is 12.2. The number of nitrogens with zero attached hydrogens (tertiary/aromatic N) is 1. The van der Waals surface area contributed by atoms with Gasteiger partial charge in [0.2, 0.25) is 5.91 Å². The molecule has 2 aromatic rings. The Hall–Kier alpha value is -2.49. The molecule has 1 aliphatic rings. The number of carbonyl (C=O) groups excluding carboxylic acids is 1. The van der Waals surface area contributed by atoms with Crippen LogP contribution in [0.5, 0.6) is 0 Å². The minimum atomic E-state index is -0.149. The highest BCUT2D eigenvalue weighted by molar-refractivity contribution is 6.03. The number of para-hydroxylation sites is 2. The van der Waals surface area contributed by atoms with E-state index in [2.05, 4.69) is 16.3 Å². The van der Waals surface area contributed by atoms with Crippen molar-refractivity contribution >= 4 is 23.4 Å². The van der Waals surface area contributed by atoms with E-state index in [9.17, 15) is 4.79 Å². The summed E-state index contributed by atoms with van der Waals surface area (Å²) in [5, 5.41) is 2.98. The Morgan fingerprint density at radius 1 is 1.04 bits per heavy atom. The standard InChI is InChI=1S/C19H22N2O2/c22-19(12-11-16-8-7-15-23-16)20-17-9-3-4-10-18(17)21-13-5-1-2-6-14-21/h3-4,7-12,15H,1-2,5-6,13-14H2,(H,20,22). The molecule has 3 rings (SSSR count). The molecule has 0 bridgehead atoms. The van der Waals surface area contributed by atoms with Gasteiger partial charge in [-0.05, 0) is 43.2 Å². The zero-order chi connectivity index (χ0) is 15.9. The number of nitrogens with one attached hydrogen (secondary N) is 1. The van der Waals surface area contributed by atoms with Gasteiger partial charge in [-0.3, -0.25) is 4.79 Å². The van der Waals surface area contributed by atoms with Gasteiger partial charge < -0.3 is 14.6 Å². The first-order valence-corrected chi connectivity index (χ1v) is 8.19. The Morgan fingerprint density at radius 2 is 1.83 bits per heavy atom. The van der Waals surface area contributed by atoms with Crippen LogP contribution in [0.1, 0.15) is 31.4 Å². The van der Waals surface area contributed by atoms with E-state index in [1.807, 2.05) is 24.3 Å². The van der Waals surface area contributed by atoms with Gasteiger partial charge >= 0.3 is 0 Å². The number of hydrogen-bond donors (Lipinski definition) is 1. The van der Waals surface area contributed by atoms with Crippen LogP contribution in [0.3, 0.4) is 0 Å². The molecular formula is C19H22N2O2. The second-order valence-corrected chi connectivity index (χ2v) is 5.76. The van der Waals surface area contributed by atoms with Crippen molar-refractivity contribution < 1.29 is 9.21 Å². The largest absolute Gasteiger partial charge is 0.465 e. The van der Waals surface area contributed by atoms with Gasteiger partial charge in [-0.2, -0.15) is 0 Å². The number of furan rings is 1. The molecule has 1 aliphatic heterocycles. The molecule has 0 atom stereocenters. The lowest BCUT2D eigenvalue weighted by atomic mass is 10.2.